The van der Waals surface area contributed by atoms with Crippen molar-refractivity contribution < 1.29 is 4.74 Å². The quantitative estimate of drug-likeness (QED) is 0.750. The van der Waals surface area contributed by atoms with Crippen LogP contribution in [0.25, 0.3) is 0 Å². The van der Waals surface area contributed by atoms with Gasteiger partial charge in [-0.2, -0.15) is 5.10 Å². The van der Waals surface area contributed by atoms with E-state index in [-0.39, 0.29) is 6.04 Å². The fourth-order valence-corrected chi connectivity index (χ4v) is 3.11. The van der Waals surface area contributed by atoms with Gasteiger partial charge in [0.2, 0.25) is 0 Å². The maximum atomic E-state index is 5.40. The molecule has 0 saturated heterocycles. The molecule has 1 heterocycles. The van der Waals surface area contributed by atoms with E-state index in [0.717, 1.165) is 15.9 Å². The zero-order chi connectivity index (χ0) is 14.0. The van der Waals surface area contributed by atoms with E-state index in [1.165, 1.54) is 9.13 Å². The number of rotatable bonds is 4. The minimum Gasteiger partial charge on any atom is -0.493 e. The summed E-state index contributed by atoms with van der Waals surface area (Å²) in [6.45, 7) is 0. The molecular weight excluding hydrogens is 421 g/mol. The van der Waals surface area contributed by atoms with Crippen LogP contribution >= 0.6 is 38.5 Å². The smallest absolute Gasteiger partial charge is 0.161 e. The molecular formula is C13H15BrIN3O. The molecule has 102 valence electrons. The van der Waals surface area contributed by atoms with Gasteiger partial charge in [0.05, 0.1) is 19.3 Å². The number of nitrogens with zero attached hydrogens (tertiary/aromatic N) is 2. The van der Waals surface area contributed by atoms with Gasteiger partial charge in [-0.15, -0.1) is 0 Å². The summed E-state index contributed by atoms with van der Waals surface area (Å²) in [5.41, 5.74) is 2.21. The molecule has 0 amide bonds. The molecule has 2 aromatic rings. The Balaban J connectivity index is 2.56. The van der Waals surface area contributed by atoms with Crippen molar-refractivity contribution in [1.29, 1.82) is 0 Å². The number of hydrogen-bond donors (Lipinski definition) is 1. The predicted molar refractivity (Wildman–Crippen MR) is 87.5 cm³/mol. The minimum absolute atomic E-state index is 0.0341. The number of ether oxygens (including phenoxy) is 1. The molecule has 1 unspecified atom stereocenters. The first-order valence-electron chi connectivity index (χ1n) is 5.76. The van der Waals surface area contributed by atoms with Crippen LogP contribution in [-0.4, -0.2) is 23.9 Å². The predicted octanol–water partition coefficient (Wildman–Crippen LogP) is 3.10. The highest BCUT2D eigenvalue weighted by atomic mass is 127. The normalized spacial score (nSPS) is 12.5. The number of hydrogen-bond acceptors (Lipinski definition) is 3. The lowest BCUT2D eigenvalue weighted by molar-refractivity contribution is 0.402. The van der Waals surface area contributed by atoms with E-state index in [1.807, 2.05) is 24.8 Å². The van der Waals surface area contributed by atoms with Crippen LogP contribution in [0.5, 0.6) is 5.75 Å². The van der Waals surface area contributed by atoms with Crippen LogP contribution < -0.4 is 10.1 Å². The molecule has 0 bridgehead atoms. The summed E-state index contributed by atoms with van der Waals surface area (Å²) in [4.78, 5) is 0. The molecule has 1 aromatic heterocycles. The second-order valence-electron chi connectivity index (χ2n) is 4.11. The van der Waals surface area contributed by atoms with E-state index >= 15 is 0 Å². The first-order chi connectivity index (χ1) is 9.08. The van der Waals surface area contributed by atoms with E-state index in [0.29, 0.717) is 0 Å². The van der Waals surface area contributed by atoms with Crippen molar-refractivity contribution in [2.24, 2.45) is 7.05 Å². The molecule has 2 rings (SSSR count). The highest BCUT2D eigenvalue weighted by Crippen LogP contribution is 2.33. The van der Waals surface area contributed by atoms with Gasteiger partial charge in [0, 0.05) is 15.1 Å². The minimum atomic E-state index is 0.0341. The van der Waals surface area contributed by atoms with E-state index < -0.39 is 0 Å². The van der Waals surface area contributed by atoms with Crippen molar-refractivity contribution in [1.82, 2.24) is 15.1 Å². The first-order valence-corrected chi connectivity index (χ1v) is 7.63. The SMILES string of the molecule is CNC(c1cc(Br)ccc1I)c1c(OC)cnn1C. The molecule has 0 saturated carbocycles. The molecule has 1 aromatic carbocycles. The first kappa shape index (κ1) is 14.8. The zero-order valence-corrected chi connectivity index (χ0v) is 14.7. The van der Waals surface area contributed by atoms with Crippen molar-refractivity contribution >= 4 is 38.5 Å². The van der Waals surface area contributed by atoms with Gasteiger partial charge in [-0.1, -0.05) is 15.9 Å². The van der Waals surface area contributed by atoms with Crippen LogP contribution in [0.3, 0.4) is 0 Å². The lowest BCUT2D eigenvalue weighted by Gasteiger charge is -2.20. The van der Waals surface area contributed by atoms with Gasteiger partial charge < -0.3 is 10.1 Å². The van der Waals surface area contributed by atoms with Crippen molar-refractivity contribution in [2.75, 3.05) is 14.2 Å². The third-order valence-electron chi connectivity index (χ3n) is 3.00. The van der Waals surface area contributed by atoms with Gasteiger partial charge >= 0.3 is 0 Å². The third-order valence-corrected chi connectivity index (χ3v) is 4.48. The van der Waals surface area contributed by atoms with Crippen molar-refractivity contribution in [3.8, 4) is 5.75 Å². The summed E-state index contributed by atoms with van der Waals surface area (Å²) in [6, 6.07) is 6.29. The second-order valence-corrected chi connectivity index (χ2v) is 6.19. The van der Waals surface area contributed by atoms with E-state index in [4.69, 9.17) is 4.74 Å². The Labute approximate surface area is 134 Å². The average Bonchev–Trinajstić information content (AvgIpc) is 2.76. The number of aromatic nitrogens is 2. The van der Waals surface area contributed by atoms with Crippen molar-refractivity contribution in [3.05, 3.63) is 43.7 Å². The number of methoxy groups -OCH3 is 1. The molecule has 19 heavy (non-hydrogen) atoms. The van der Waals surface area contributed by atoms with Crippen LogP contribution in [0.1, 0.15) is 17.3 Å². The van der Waals surface area contributed by atoms with Crippen LogP contribution in [0.4, 0.5) is 0 Å². The van der Waals surface area contributed by atoms with Crippen LogP contribution in [0, 0.1) is 3.57 Å². The molecule has 1 N–H and O–H groups in total. The summed E-state index contributed by atoms with van der Waals surface area (Å²) in [6.07, 6.45) is 1.74. The Bertz CT molecular complexity index is 585. The summed E-state index contributed by atoms with van der Waals surface area (Å²) in [5.74, 6) is 0.789. The Morgan fingerprint density at radius 3 is 2.84 bits per heavy atom. The van der Waals surface area contributed by atoms with Gasteiger partial charge in [-0.3, -0.25) is 4.68 Å². The summed E-state index contributed by atoms with van der Waals surface area (Å²) in [5, 5.41) is 7.61. The standard InChI is InChI=1S/C13H15BrIN3O/c1-16-12(9-6-8(14)4-5-10(9)15)13-11(19-3)7-17-18(13)2/h4-7,12,16H,1-3H3. The Hall–Kier alpha value is -0.600. The third kappa shape index (κ3) is 2.95. The zero-order valence-electron chi connectivity index (χ0n) is 10.9. The fourth-order valence-electron chi connectivity index (χ4n) is 2.09. The molecule has 6 heteroatoms. The Kier molecular flexibility index (Phi) is 4.86. The molecule has 0 aliphatic rings. The molecule has 0 aliphatic heterocycles. The number of benzene rings is 1. The maximum absolute atomic E-state index is 5.40. The largest absolute Gasteiger partial charge is 0.493 e. The van der Waals surface area contributed by atoms with Crippen molar-refractivity contribution in [2.45, 2.75) is 6.04 Å². The Morgan fingerprint density at radius 2 is 2.21 bits per heavy atom. The number of aryl methyl sites for hydroxylation is 1. The van der Waals surface area contributed by atoms with Crippen LogP contribution in [0.15, 0.2) is 28.9 Å². The number of halogens is 2. The number of nitrogens with one attached hydrogen (secondary N) is 1. The van der Waals surface area contributed by atoms with Gasteiger partial charge in [0.15, 0.2) is 5.75 Å². The Morgan fingerprint density at radius 1 is 1.47 bits per heavy atom. The van der Waals surface area contributed by atoms with Gasteiger partial charge in [0.25, 0.3) is 0 Å². The van der Waals surface area contributed by atoms with Crippen LogP contribution in [0.2, 0.25) is 0 Å². The molecule has 0 aliphatic carbocycles. The lowest BCUT2D eigenvalue weighted by atomic mass is 10.0. The molecule has 4 nitrogen and oxygen atoms in total. The average molecular weight is 436 g/mol. The monoisotopic (exact) mass is 435 g/mol. The van der Waals surface area contributed by atoms with Gasteiger partial charge in [-0.05, 0) is 53.4 Å². The molecule has 0 spiro atoms. The second kappa shape index (κ2) is 6.23. The summed E-state index contributed by atoms with van der Waals surface area (Å²) < 4.78 is 9.50. The van der Waals surface area contributed by atoms with E-state index in [2.05, 4.69) is 61.1 Å². The van der Waals surface area contributed by atoms with E-state index in [1.54, 1.807) is 13.3 Å². The highest BCUT2D eigenvalue weighted by molar-refractivity contribution is 14.1. The molecule has 0 fully saturated rings. The highest BCUT2D eigenvalue weighted by Gasteiger charge is 2.23. The van der Waals surface area contributed by atoms with Gasteiger partial charge in [0.1, 0.15) is 5.69 Å². The van der Waals surface area contributed by atoms with Crippen LogP contribution in [-0.2, 0) is 7.05 Å². The lowest BCUT2D eigenvalue weighted by Crippen LogP contribution is -2.22. The summed E-state index contributed by atoms with van der Waals surface area (Å²) >= 11 is 5.87. The maximum Gasteiger partial charge on any atom is 0.161 e. The summed E-state index contributed by atoms with van der Waals surface area (Å²) in [7, 11) is 5.53. The van der Waals surface area contributed by atoms with Gasteiger partial charge in [-0.25, -0.2) is 0 Å². The molecule has 0 radical (unpaired) electrons. The topological polar surface area (TPSA) is 39.1 Å². The molecule has 1 atom stereocenters. The van der Waals surface area contributed by atoms with E-state index in [9.17, 15) is 0 Å². The fraction of sp³-hybridized carbons (Fsp3) is 0.308. The van der Waals surface area contributed by atoms with Crippen molar-refractivity contribution in [3.63, 3.8) is 0 Å².